The molecule has 0 heterocycles. The van der Waals surface area contributed by atoms with E-state index in [1.54, 1.807) is 0 Å². The van der Waals surface area contributed by atoms with E-state index in [0.717, 1.165) is 0 Å². The Bertz CT molecular complexity index is 942. The summed E-state index contributed by atoms with van der Waals surface area (Å²) in [5, 5.41) is 0. The third kappa shape index (κ3) is 13.3. The first-order valence-electron chi connectivity index (χ1n) is 13.6. The minimum atomic E-state index is 0.0920. The molecule has 0 spiro atoms. The van der Waals surface area contributed by atoms with Gasteiger partial charge in [-0.15, -0.1) is 0 Å². The van der Waals surface area contributed by atoms with E-state index < -0.39 is 0 Å². The molecule has 0 aliphatic rings. The predicted octanol–water partition coefficient (Wildman–Crippen LogP) is 12.0. The average Bonchev–Trinajstić information content (AvgIpc) is 2.63. The van der Waals surface area contributed by atoms with E-state index in [1.807, 2.05) is 0 Å². The molecule has 0 saturated carbocycles. The Morgan fingerprint density at radius 2 is 0.556 bits per heavy atom. The molecular formula is C36H56. The van der Waals surface area contributed by atoms with Crippen molar-refractivity contribution < 1.29 is 0 Å². The molecule has 0 bridgehead atoms. The second-order valence-corrected chi connectivity index (χ2v) is 15.8. The molecule has 0 amide bonds. The molecule has 0 radical (unpaired) electrons. The van der Waals surface area contributed by atoms with Gasteiger partial charge >= 0.3 is 0 Å². The summed E-state index contributed by atoms with van der Waals surface area (Å²) in [7, 11) is 0. The van der Waals surface area contributed by atoms with Gasteiger partial charge in [-0.2, -0.15) is 0 Å². The van der Waals surface area contributed by atoms with Crippen LogP contribution in [0.2, 0.25) is 0 Å². The predicted molar refractivity (Wildman–Crippen MR) is 169 cm³/mol. The van der Waals surface area contributed by atoms with Crippen LogP contribution >= 0.6 is 0 Å². The van der Waals surface area contributed by atoms with Gasteiger partial charge in [0.05, 0.1) is 0 Å². The molecular weight excluding hydrogens is 432 g/mol. The van der Waals surface area contributed by atoms with E-state index in [0.29, 0.717) is 0 Å². The molecule has 0 atom stereocenters. The lowest BCUT2D eigenvalue weighted by Crippen LogP contribution is -2.04. The van der Waals surface area contributed by atoms with Crippen molar-refractivity contribution in [2.45, 2.75) is 104 Å². The van der Waals surface area contributed by atoms with Crippen LogP contribution in [-0.2, 0) is 0 Å². The maximum absolute atomic E-state index is 2.38. The highest BCUT2D eigenvalue weighted by Crippen LogP contribution is 2.34. The highest BCUT2D eigenvalue weighted by molar-refractivity contribution is 5.85. The topological polar surface area (TPSA) is 0 Å². The molecule has 0 N–H and O–H groups in total. The molecule has 36 heavy (non-hydrogen) atoms. The monoisotopic (exact) mass is 488 g/mol. The second kappa shape index (κ2) is 11.5. The lowest BCUT2D eigenvalue weighted by Gasteiger charge is -2.21. The summed E-state index contributed by atoms with van der Waals surface area (Å²) in [6, 6.07) is 2.38. The van der Waals surface area contributed by atoms with Gasteiger partial charge < -0.3 is 0 Å². The van der Waals surface area contributed by atoms with Gasteiger partial charge in [-0.1, -0.05) is 165 Å². The molecule has 1 aromatic rings. The van der Waals surface area contributed by atoms with Crippen molar-refractivity contribution in [2.24, 2.45) is 27.1 Å². The van der Waals surface area contributed by atoms with E-state index in [1.165, 1.54) is 27.8 Å². The van der Waals surface area contributed by atoms with E-state index in [2.05, 4.69) is 171 Å². The highest BCUT2D eigenvalue weighted by Gasteiger charge is 2.17. The van der Waals surface area contributed by atoms with Crippen LogP contribution in [0.5, 0.6) is 0 Å². The van der Waals surface area contributed by atoms with Gasteiger partial charge in [0.2, 0.25) is 0 Å². The lowest BCUT2D eigenvalue weighted by atomic mass is 9.84. The van der Waals surface area contributed by atoms with E-state index in [9.17, 15) is 0 Å². The van der Waals surface area contributed by atoms with Crippen LogP contribution in [-0.4, -0.2) is 0 Å². The largest absolute Gasteiger partial charge is 0.0785 e. The zero-order chi connectivity index (χ0) is 28.2. The number of benzene rings is 1. The molecule has 0 unspecified atom stereocenters. The Hall–Kier alpha value is -2.08. The fraction of sp³-hybridized carbons (Fsp3) is 0.556. The van der Waals surface area contributed by atoms with Crippen LogP contribution in [0.15, 0.2) is 36.4 Å². The SMILES string of the molecule is CC(C)(C)/C=C/c1cc(/C=C/C(C)(C)C)c(/C=C/C(C)(C)C)c(/C=C/C(C)(C)C)c1/C=C/C(C)(C)C. The summed E-state index contributed by atoms with van der Waals surface area (Å²) in [6.45, 7) is 33.9. The number of hydrogen-bond donors (Lipinski definition) is 0. The first-order chi connectivity index (χ1) is 16.0. The molecule has 0 aliphatic heterocycles. The van der Waals surface area contributed by atoms with Crippen LogP contribution in [0.4, 0.5) is 0 Å². The number of allylic oxidation sites excluding steroid dienone is 5. The van der Waals surface area contributed by atoms with Gasteiger partial charge in [-0.25, -0.2) is 0 Å². The van der Waals surface area contributed by atoms with Crippen molar-refractivity contribution in [3.63, 3.8) is 0 Å². The lowest BCUT2D eigenvalue weighted by molar-refractivity contribution is 0.546. The number of rotatable bonds is 5. The van der Waals surface area contributed by atoms with Crippen molar-refractivity contribution in [3.05, 3.63) is 64.3 Å². The van der Waals surface area contributed by atoms with Crippen molar-refractivity contribution in [1.29, 1.82) is 0 Å². The molecule has 0 nitrogen and oxygen atoms in total. The number of hydrogen-bond acceptors (Lipinski definition) is 0. The zero-order valence-electron chi connectivity index (χ0n) is 26.4. The molecule has 0 saturated heterocycles. The molecule has 0 heteroatoms. The summed E-state index contributed by atoms with van der Waals surface area (Å²) in [6.07, 6.45) is 23.4. The normalized spacial score (nSPS) is 15.1. The minimum absolute atomic E-state index is 0.0920. The van der Waals surface area contributed by atoms with Gasteiger partial charge in [0.25, 0.3) is 0 Å². The third-order valence-corrected chi connectivity index (χ3v) is 5.29. The van der Waals surface area contributed by atoms with E-state index in [-0.39, 0.29) is 27.1 Å². The van der Waals surface area contributed by atoms with Crippen LogP contribution in [0.1, 0.15) is 132 Å². The van der Waals surface area contributed by atoms with E-state index >= 15 is 0 Å². The van der Waals surface area contributed by atoms with Gasteiger partial charge in [0, 0.05) is 0 Å². The first kappa shape index (κ1) is 31.9. The van der Waals surface area contributed by atoms with Crippen molar-refractivity contribution in [2.75, 3.05) is 0 Å². The Labute approximate surface area is 225 Å². The van der Waals surface area contributed by atoms with Gasteiger partial charge in [-0.3, -0.25) is 0 Å². The second-order valence-electron chi connectivity index (χ2n) is 15.8. The fourth-order valence-corrected chi connectivity index (χ4v) is 3.29. The van der Waals surface area contributed by atoms with Crippen molar-refractivity contribution >= 4 is 30.4 Å². The smallest absolute Gasteiger partial charge is 0.0103 e. The van der Waals surface area contributed by atoms with Gasteiger partial charge in [0.1, 0.15) is 0 Å². The van der Waals surface area contributed by atoms with Crippen LogP contribution in [0, 0.1) is 27.1 Å². The quantitative estimate of drug-likeness (QED) is 0.386. The summed E-state index contributed by atoms with van der Waals surface area (Å²) in [5.74, 6) is 0. The summed E-state index contributed by atoms with van der Waals surface area (Å²) in [4.78, 5) is 0. The van der Waals surface area contributed by atoms with Gasteiger partial charge in [0.15, 0.2) is 0 Å². The Morgan fingerprint density at radius 1 is 0.333 bits per heavy atom. The Kier molecular flexibility index (Phi) is 10.2. The maximum Gasteiger partial charge on any atom is -0.0103 e. The standard InChI is InChI=1S/C36H56/c1-32(2,3)21-16-27-26-28(17-22-33(4,5)6)30(19-24-35(10,11)12)31(20-25-36(13,14)15)29(27)18-23-34(7,8)9/h16-26H,1-15H3/b21-16+,22-17+,23-18+,24-19+,25-20+. The van der Waals surface area contributed by atoms with Crippen LogP contribution < -0.4 is 0 Å². The highest BCUT2D eigenvalue weighted by atomic mass is 14.2. The summed E-state index contributed by atoms with van der Waals surface area (Å²) < 4.78 is 0. The molecule has 0 aromatic heterocycles. The van der Waals surface area contributed by atoms with Crippen molar-refractivity contribution in [3.8, 4) is 0 Å². The van der Waals surface area contributed by atoms with Gasteiger partial charge in [-0.05, 0) is 61.0 Å². The Balaban J connectivity index is 4.26. The minimum Gasteiger partial charge on any atom is -0.0785 e. The average molecular weight is 489 g/mol. The molecule has 1 rings (SSSR count). The van der Waals surface area contributed by atoms with Crippen LogP contribution in [0.25, 0.3) is 30.4 Å². The van der Waals surface area contributed by atoms with Crippen molar-refractivity contribution in [1.82, 2.24) is 0 Å². The molecule has 1 aromatic carbocycles. The van der Waals surface area contributed by atoms with Crippen LogP contribution in [0.3, 0.4) is 0 Å². The maximum atomic E-state index is 2.38. The molecule has 200 valence electrons. The third-order valence-electron chi connectivity index (χ3n) is 5.29. The summed E-state index contributed by atoms with van der Waals surface area (Å²) in [5.41, 5.74) is 6.90. The van der Waals surface area contributed by atoms with E-state index in [4.69, 9.17) is 0 Å². The fourth-order valence-electron chi connectivity index (χ4n) is 3.29. The molecule has 0 aliphatic carbocycles. The first-order valence-corrected chi connectivity index (χ1v) is 13.6. The summed E-state index contributed by atoms with van der Waals surface area (Å²) >= 11 is 0. The molecule has 0 fully saturated rings. The Morgan fingerprint density at radius 3 is 0.806 bits per heavy atom. The zero-order valence-corrected chi connectivity index (χ0v) is 26.4.